The number of rotatable bonds is 5. The maximum Gasteiger partial charge on any atom is 0.511 e. The fourth-order valence-electron chi connectivity index (χ4n) is 3.20. The summed E-state index contributed by atoms with van der Waals surface area (Å²) in [7, 11) is 2.06. The SMILES string of the molecule is CN1CCN(CC(=O)Nc2cc3nc(-n4cc(OC(=O)O)cn4)[nH]c3cc2Cl)CC1. The van der Waals surface area contributed by atoms with Gasteiger partial charge in [-0.15, -0.1) is 0 Å². The van der Waals surface area contributed by atoms with Crippen LogP contribution in [0.1, 0.15) is 0 Å². The number of nitrogens with zero attached hydrogens (tertiary/aromatic N) is 5. The number of aromatic amines is 1. The van der Waals surface area contributed by atoms with Crippen molar-refractivity contribution in [3.63, 3.8) is 0 Å². The molecule has 11 nitrogen and oxygen atoms in total. The molecule has 3 N–H and O–H groups in total. The zero-order chi connectivity index (χ0) is 21.3. The van der Waals surface area contributed by atoms with Gasteiger partial charge in [-0.25, -0.2) is 14.5 Å². The van der Waals surface area contributed by atoms with Crippen molar-refractivity contribution in [1.29, 1.82) is 0 Å². The van der Waals surface area contributed by atoms with Crippen LogP contribution in [0.4, 0.5) is 10.5 Å². The second-order valence-corrected chi connectivity index (χ2v) is 7.43. The van der Waals surface area contributed by atoms with E-state index in [1.807, 2.05) is 0 Å². The number of amides is 1. The molecule has 12 heteroatoms. The monoisotopic (exact) mass is 433 g/mol. The number of hydrogen-bond donors (Lipinski definition) is 3. The van der Waals surface area contributed by atoms with Gasteiger partial charge in [0.2, 0.25) is 11.9 Å². The number of likely N-dealkylation sites (N-methyl/N-ethyl adjacent to an activating group) is 1. The molecule has 1 amide bonds. The molecule has 30 heavy (non-hydrogen) atoms. The molecule has 0 aliphatic carbocycles. The number of halogens is 1. The number of carboxylic acid groups (broad SMARTS) is 1. The van der Waals surface area contributed by atoms with Crippen LogP contribution in [0.3, 0.4) is 0 Å². The predicted molar refractivity (Wildman–Crippen MR) is 109 cm³/mol. The Balaban J connectivity index is 1.48. The number of anilines is 1. The van der Waals surface area contributed by atoms with E-state index < -0.39 is 6.16 Å². The normalized spacial score (nSPS) is 15.4. The van der Waals surface area contributed by atoms with Crippen LogP contribution < -0.4 is 10.1 Å². The Labute approximate surface area is 176 Å². The van der Waals surface area contributed by atoms with Gasteiger partial charge in [0.25, 0.3) is 0 Å². The van der Waals surface area contributed by atoms with E-state index in [1.54, 1.807) is 12.1 Å². The summed E-state index contributed by atoms with van der Waals surface area (Å²) in [4.78, 5) is 34.9. The second-order valence-electron chi connectivity index (χ2n) is 7.03. The Hall–Kier alpha value is -3.15. The van der Waals surface area contributed by atoms with Gasteiger partial charge in [0.15, 0.2) is 5.75 Å². The molecule has 3 heterocycles. The summed E-state index contributed by atoms with van der Waals surface area (Å²) in [6, 6.07) is 3.34. The summed E-state index contributed by atoms with van der Waals surface area (Å²) in [6.45, 7) is 3.85. The van der Waals surface area contributed by atoms with Gasteiger partial charge in [0.1, 0.15) is 0 Å². The molecular formula is C18H20ClN7O4. The standard InChI is InChI=1S/C18H20ClN7O4/c1-24-2-4-25(5-3-24)10-16(27)21-13-7-15-14(6-12(13)19)22-17(23-15)26-9-11(8-20-26)30-18(28)29/h6-9H,2-5,10H2,1H3,(H,21,27)(H,22,23)(H,28,29). The van der Waals surface area contributed by atoms with E-state index >= 15 is 0 Å². The van der Waals surface area contributed by atoms with Gasteiger partial charge in [-0.2, -0.15) is 5.10 Å². The van der Waals surface area contributed by atoms with E-state index in [9.17, 15) is 9.59 Å². The second kappa shape index (κ2) is 8.30. The number of piperazine rings is 1. The van der Waals surface area contributed by atoms with E-state index in [0.29, 0.717) is 34.2 Å². The molecule has 2 aromatic heterocycles. The van der Waals surface area contributed by atoms with Crippen LogP contribution in [0.15, 0.2) is 24.5 Å². The van der Waals surface area contributed by atoms with Crippen molar-refractivity contribution in [2.24, 2.45) is 0 Å². The minimum Gasteiger partial charge on any atom is -0.449 e. The van der Waals surface area contributed by atoms with Crippen LogP contribution in [0.2, 0.25) is 5.02 Å². The first-order chi connectivity index (χ1) is 14.4. The van der Waals surface area contributed by atoms with E-state index in [-0.39, 0.29) is 11.7 Å². The third-order valence-corrected chi connectivity index (χ3v) is 5.09. The molecule has 4 rings (SSSR count). The molecule has 158 valence electrons. The molecule has 0 bridgehead atoms. The molecular weight excluding hydrogens is 414 g/mol. The molecule has 1 fully saturated rings. The Morgan fingerprint density at radius 2 is 2.07 bits per heavy atom. The highest BCUT2D eigenvalue weighted by atomic mass is 35.5. The van der Waals surface area contributed by atoms with Gasteiger partial charge in [-0.1, -0.05) is 11.6 Å². The Morgan fingerprint density at radius 3 is 2.80 bits per heavy atom. The first-order valence-corrected chi connectivity index (χ1v) is 9.61. The van der Waals surface area contributed by atoms with Crippen molar-refractivity contribution in [2.45, 2.75) is 0 Å². The van der Waals surface area contributed by atoms with E-state index in [2.05, 4.69) is 42.0 Å². The Kier molecular flexibility index (Phi) is 5.57. The molecule has 1 aliphatic heterocycles. The topological polar surface area (TPSA) is 129 Å². The molecule has 0 atom stereocenters. The lowest BCUT2D eigenvalue weighted by molar-refractivity contribution is -0.117. The van der Waals surface area contributed by atoms with Crippen molar-refractivity contribution in [1.82, 2.24) is 29.5 Å². The first-order valence-electron chi connectivity index (χ1n) is 9.23. The van der Waals surface area contributed by atoms with Gasteiger partial charge >= 0.3 is 6.16 Å². The maximum atomic E-state index is 12.4. The maximum absolute atomic E-state index is 12.4. The van der Waals surface area contributed by atoms with Crippen molar-refractivity contribution in [2.75, 3.05) is 45.1 Å². The quantitative estimate of drug-likeness (QED) is 0.518. The van der Waals surface area contributed by atoms with Crippen LogP contribution >= 0.6 is 11.6 Å². The summed E-state index contributed by atoms with van der Waals surface area (Å²) >= 11 is 6.34. The van der Waals surface area contributed by atoms with Gasteiger partial charge < -0.3 is 25.0 Å². The van der Waals surface area contributed by atoms with Crippen LogP contribution in [0, 0.1) is 0 Å². The third kappa shape index (κ3) is 4.53. The van der Waals surface area contributed by atoms with Gasteiger partial charge in [-0.3, -0.25) is 9.69 Å². The molecule has 3 aromatic rings. The largest absolute Gasteiger partial charge is 0.511 e. The fraction of sp³-hybridized carbons (Fsp3) is 0.333. The predicted octanol–water partition coefficient (Wildman–Crippen LogP) is 1.64. The Bertz CT molecular complexity index is 1090. The van der Waals surface area contributed by atoms with E-state index in [0.717, 1.165) is 26.2 Å². The van der Waals surface area contributed by atoms with E-state index in [4.69, 9.17) is 16.7 Å². The molecule has 1 aromatic carbocycles. The zero-order valence-electron chi connectivity index (χ0n) is 16.1. The number of benzene rings is 1. The van der Waals surface area contributed by atoms with Crippen LogP contribution in [0.5, 0.6) is 5.75 Å². The van der Waals surface area contributed by atoms with Crippen molar-refractivity contribution in [3.05, 3.63) is 29.5 Å². The summed E-state index contributed by atoms with van der Waals surface area (Å²) < 4.78 is 5.90. The summed E-state index contributed by atoms with van der Waals surface area (Å²) in [6.07, 6.45) is 1.22. The number of carbonyl (C=O) groups is 2. The minimum absolute atomic E-state index is 0.0675. The first kappa shape index (κ1) is 20.1. The summed E-state index contributed by atoms with van der Waals surface area (Å²) in [5.74, 6) is 0.277. The van der Waals surface area contributed by atoms with Gasteiger partial charge in [0, 0.05) is 26.2 Å². The van der Waals surface area contributed by atoms with Crippen molar-refractivity contribution < 1.29 is 19.4 Å². The average molecular weight is 434 g/mol. The number of fused-ring (bicyclic) bond motifs is 1. The molecule has 0 unspecified atom stereocenters. The van der Waals surface area contributed by atoms with E-state index in [1.165, 1.54) is 17.1 Å². The lowest BCUT2D eigenvalue weighted by Crippen LogP contribution is -2.47. The molecule has 1 saturated heterocycles. The smallest absolute Gasteiger partial charge is 0.449 e. The number of hydrogen-bond acceptors (Lipinski definition) is 7. The summed E-state index contributed by atoms with van der Waals surface area (Å²) in [5, 5.41) is 15.9. The molecule has 1 aliphatic rings. The molecule has 0 spiro atoms. The van der Waals surface area contributed by atoms with Crippen LogP contribution in [-0.2, 0) is 4.79 Å². The van der Waals surface area contributed by atoms with Crippen LogP contribution in [0.25, 0.3) is 17.0 Å². The van der Waals surface area contributed by atoms with Crippen molar-refractivity contribution in [3.8, 4) is 11.7 Å². The van der Waals surface area contributed by atoms with Gasteiger partial charge in [0.05, 0.1) is 40.7 Å². The highest BCUT2D eigenvalue weighted by Crippen LogP contribution is 2.28. The molecule has 0 radical (unpaired) electrons. The zero-order valence-corrected chi connectivity index (χ0v) is 16.9. The number of H-pyrrole nitrogens is 1. The number of imidazole rings is 1. The van der Waals surface area contributed by atoms with Crippen molar-refractivity contribution >= 4 is 40.4 Å². The van der Waals surface area contributed by atoms with Crippen LogP contribution in [-0.4, -0.2) is 86.5 Å². The third-order valence-electron chi connectivity index (χ3n) is 4.78. The Morgan fingerprint density at radius 1 is 1.30 bits per heavy atom. The number of carbonyl (C=O) groups excluding carboxylic acids is 1. The minimum atomic E-state index is -1.43. The lowest BCUT2D eigenvalue weighted by atomic mass is 10.2. The number of aromatic nitrogens is 4. The summed E-state index contributed by atoms with van der Waals surface area (Å²) in [5.41, 5.74) is 1.68. The highest BCUT2D eigenvalue weighted by Gasteiger charge is 2.18. The van der Waals surface area contributed by atoms with Gasteiger partial charge in [-0.05, 0) is 19.2 Å². The fourth-order valence-corrected chi connectivity index (χ4v) is 3.41. The number of nitrogens with one attached hydrogen (secondary N) is 2. The highest BCUT2D eigenvalue weighted by molar-refractivity contribution is 6.34. The molecule has 0 saturated carbocycles. The lowest BCUT2D eigenvalue weighted by Gasteiger charge is -2.31. The number of ether oxygens (including phenoxy) is 1. The average Bonchev–Trinajstić information content (AvgIpc) is 3.30.